The highest BCUT2D eigenvalue weighted by Crippen LogP contribution is 2.23. The van der Waals surface area contributed by atoms with Crippen LogP contribution in [-0.4, -0.2) is 13.1 Å². The van der Waals surface area contributed by atoms with Crippen molar-refractivity contribution < 1.29 is 0 Å². The van der Waals surface area contributed by atoms with Crippen LogP contribution in [0.5, 0.6) is 0 Å². The molecule has 1 heterocycles. The van der Waals surface area contributed by atoms with E-state index in [0.29, 0.717) is 0 Å². The molecule has 0 saturated carbocycles. The molecule has 2 atom stereocenters. The smallest absolute Gasteiger partial charge is 0.00175 e. The fourth-order valence-electron chi connectivity index (χ4n) is 2.82. The Labute approximate surface area is 102 Å². The van der Waals surface area contributed by atoms with E-state index in [-0.39, 0.29) is 0 Å². The maximum Gasteiger partial charge on any atom is -0.00175 e. The highest BCUT2D eigenvalue weighted by Gasteiger charge is 2.20. The van der Waals surface area contributed by atoms with Crippen LogP contribution in [0.3, 0.4) is 0 Å². The number of unbranched alkanes of at least 4 members (excludes halogenated alkanes) is 6. The van der Waals surface area contributed by atoms with Crippen LogP contribution in [0.25, 0.3) is 0 Å². The van der Waals surface area contributed by atoms with E-state index in [1.165, 1.54) is 70.9 Å². The molecule has 0 aromatic rings. The van der Waals surface area contributed by atoms with E-state index in [1.807, 2.05) is 0 Å². The van der Waals surface area contributed by atoms with Gasteiger partial charge in [0.2, 0.25) is 0 Å². The summed E-state index contributed by atoms with van der Waals surface area (Å²) in [6.07, 6.45) is 13.0. The standard InChI is InChI=1S/C15H31N/c1-3-4-5-6-7-8-9-10-14(2)15-11-12-16-13-15/h14-16H,3-13H2,1-2H3. The first-order valence-corrected chi connectivity index (χ1v) is 7.55. The number of nitrogens with one attached hydrogen (secondary N) is 1. The lowest BCUT2D eigenvalue weighted by atomic mass is 9.88. The lowest BCUT2D eigenvalue weighted by molar-refractivity contribution is 0.349. The minimum Gasteiger partial charge on any atom is -0.316 e. The Morgan fingerprint density at radius 1 is 1.06 bits per heavy atom. The summed E-state index contributed by atoms with van der Waals surface area (Å²) in [7, 11) is 0. The van der Waals surface area contributed by atoms with Crippen molar-refractivity contribution in [3.05, 3.63) is 0 Å². The van der Waals surface area contributed by atoms with Crippen molar-refractivity contribution in [2.75, 3.05) is 13.1 Å². The second-order valence-corrected chi connectivity index (χ2v) is 5.64. The topological polar surface area (TPSA) is 12.0 Å². The predicted molar refractivity (Wildman–Crippen MR) is 72.8 cm³/mol. The normalized spacial score (nSPS) is 22.5. The van der Waals surface area contributed by atoms with E-state index in [0.717, 1.165) is 11.8 Å². The molecule has 16 heavy (non-hydrogen) atoms. The van der Waals surface area contributed by atoms with Gasteiger partial charge in [-0.05, 0) is 31.3 Å². The molecule has 0 bridgehead atoms. The van der Waals surface area contributed by atoms with E-state index < -0.39 is 0 Å². The molecular formula is C15H31N. The zero-order valence-corrected chi connectivity index (χ0v) is 11.4. The number of hydrogen-bond acceptors (Lipinski definition) is 1. The summed E-state index contributed by atoms with van der Waals surface area (Å²) in [5.74, 6) is 1.92. The molecule has 1 aliphatic heterocycles. The molecule has 0 aromatic heterocycles. The van der Waals surface area contributed by atoms with Crippen LogP contribution >= 0.6 is 0 Å². The molecule has 1 saturated heterocycles. The summed E-state index contributed by atoms with van der Waals surface area (Å²) < 4.78 is 0. The van der Waals surface area contributed by atoms with Crippen molar-refractivity contribution >= 4 is 0 Å². The van der Waals surface area contributed by atoms with Crippen molar-refractivity contribution in [3.8, 4) is 0 Å². The largest absolute Gasteiger partial charge is 0.316 e. The average Bonchev–Trinajstić information content (AvgIpc) is 2.81. The van der Waals surface area contributed by atoms with Gasteiger partial charge in [0, 0.05) is 0 Å². The first-order chi connectivity index (χ1) is 7.84. The molecule has 1 heteroatoms. The lowest BCUT2D eigenvalue weighted by Crippen LogP contribution is -2.15. The Kier molecular flexibility index (Phi) is 7.92. The van der Waals surface area contributed by atoms with Gasteiger partial charge in [-0.2, -0.15) is 0 Å². The Bertz CT molecular complexity index is 150. The van der Waals surface area contributed by atoms with E-state index in [9.17, 15) is 0 Å². The molecule has 0 aliphatic carbocycles. The summed E-state index contributed by atoms with van der Waals surface area (Å²) in [5.41, 5.74) is 0. The van der Waals surface area contributed by atoms with Gasteiger partial charge >= 0.3 is 0 Å². The molecule has 1 rings (SSSR count). The van der Waals surface area contributed by atoms with Gasteiger partial charge in [-0.25, -0.2) is 0 Å². The highest BCUT2D eigenvalue weighted by atomic mass is 14.9. The van der Waals surface area contributed by atoms with Crippen molar-refractivity contribution in [1.29, 1.82) is 0 Å². The third-order valence-electron chi connectivity index (χ3n) is 4.17. The molecule has 96 valence electrons. The minimum absolute atomic E-state index is 0.950. The maximum absolute atomic E-state index is 3.48. The van der Waals surface area contributed by atoms with Gasteiger partial charge in [0.25, 0.3) is 0 Å². The second-order valence-electron chi connectivity index (χ2n) is 5.64. The van der Waals surface area contributed by atoms with Crippen LogP contribution in [-0.2, 0) is 0 Å². The van der Waals surface area contributed by atoms with E-state index >= 15 is 0 Å². The van der Waals surface area contributed by atoms with Gasteiger partial charge in [0.15, 0.2) is 0 Å². The first-order valence-electron chi connectivity index (χ1n) is 7.55. The minimum atomic E-state index is 0.950. The molecule has 0 spiro atoms. The van der Waals surface area contributed by atoms with Gasteiger partial charge in [0.1, 0.15) is 0 Å². The molecular weight excluding hydrogens is 194 g/mol. The van der Waals surface area contributed by atoms with Crippen LogP contribution < -0.4 is 5.32 Å². The van der Waals surface area contributed by atoms with Gasteiger partial charge in [0.05, 0.1) is 0 Å². The Hall–Kier alpha value is -0.0400. The maximum atomic E-state index is 3.48. The molecule has 1 fully saturated rings. The zero-order chi connectivity index (χ0) is 11.6. The lowest BCUT2D eigenvalue weighted by Gasteiger charge is -2.17. The fourth-order valence-corrected chi connectivity index (χ4v) is 2.82. The molecule has 0 amide bonds. The van der Waals surface area contributed by atoms with Gasteiger partial charge in [-0.15, -0.1) is 0 Å². The average molecular weight is 225 g/mol. The fraction of sp³-hybridized carbons (Fsp3) is 1.00. The quantitative estimate of drug-likeness (QED) is 0.574. The molecule has 1 aliphatic rings. The van der Waals surface area contributed by atoms with Gasteiger partial charge < -0.3 is 5.32 Å². The Morgan fingerprint density at radius 3 is 2.38 bits per heavy atom. The van der Waals surface area contributed by atoms with Crippen LogP contribution in [0, 0.1) is 11.8 Å². The van der Waals surface area contributed by atoms with Crippen LogP contribution in [0.15, 0.2) is 0 Å². The van der Waals surface area contributed by atoms with Gasteiger partial charge in [-0.3, -0.25) is 0 Å². The monoisotopic (exact) mass is 225 g/mol. The summed E-state index contributed by atoms with van der Waals surface area (Å²) >= 11 is 0. The summed E-state index contributed by atoms with van der Waals surface area (Å²) in [4.78, 5) is 0. The molecule has 2 unspecified atom stereocenters. The summed E-state index contributed by atoms with van der Waals surface area (Å²) in [6, 6.07) is 0. The van der Waals surface area contributed by atoms with Crippen LogP contribution in [0.2, 0.25) is 0 Å². The summed E-state index contributed by atoms with van der Waals surface area (Å²) in [5, 5.41) is 3.48. The van der Waals surface area contributed by atoms with Crippen molar-refractivity contribution in [3.63, 3.8) is 0 Å². The highest BCUT2D eigenvalue weighted by molar-refractivity contribution is 4.75. The molecule has 0 radical (unpaired) electrons. The Balaban J connectivity index is 1.86. The van der Waals surface area contributed by atoms with Crippen molar-refractivity contribution in [1.82, 2.24) is 5.32 Å². The van der Waals surface area contributed by atoms with E-state index in [1.54, 1.807) is 0 Å². The van der Waals surface area contributed by atoms with E-state index in [4.69, 9.17) is 0 Å². The van der Waals surface area contributed by atoms with Crippen LogP contribution in [0.4, 0.5) is 0 Å². The summed E-state index contributed by atoms with van der Waals surface area (Å²) in [6.45, 7) is 7.27. The second kappa shape index (κ2) is 9.04. The third-order valence-corrected chi connectivity index (χ3v) is 4.17. The molecule has 0 aromatic carbocycles. The number of rotatable bonds is 9. The number of hydrogen-bond donors (Lipinski definition) is 1. The zero-order valence-electron chi connectivity index (χ0n) is 11.4. The third kappa shape index (κ3) is 5.89. The molecule has 1 nitrogen and oxygen atoms in total. The van der Waals surface area contributed by atoms with Crippen LogP contribution in [0.1, 0.15) is 71.6 Å². The SMILES string of the molecule is CCCCCCCCCC(C)C1CCNC1. The predicted octanol–water partition coefficient (Wildman–Crippen LogP) is 4.37. The van der Waals surface area contributed by atoms with Crippen molar-refractivity contribution in [2.24, 2.45) is 11.8 Å². The van der Waals surface area contributed by atoms with E-state index in [2.05, 4.69) is 19.2 Å². The molecule has 1 N–H and O–H groups in total. The van der Waals surface area contributed by atoms with Gasteiger partial charge in [-0.1, -0.05) is 65.2 Å². The Morgan fingerprint density at radius 2 is 1.75 bits per heavy atom. The van der Waals surface area contributed by atoms with Crippen molar-refractivity contribution in [2.45, 2.75) is 71.6 Å². The first kappa shape index (κ1) is 14.0.